The molecule has 0 saturated carbocycles. The van der Waals surface area contributed by atoms with Gasteiger partial charge >= 0.3 is 5.97 Å². The normalized spacial score (nSPS) is 12.5. The van der Waals surface area contributed by atoms with Gasteiger partial charge in [0.15, 0.2) is 0 Å². The fourth-order valence-electron chi connectivity index (χ4n) is 0.910. The van der Waals surface area contributed by atoms with E-state index in [1.165, 1.54) is 11.8 Å². The van der Waals surface area contributed by atoms with E-state index >= 15 is 0 Å². The van der Waals surface area contributed by atoms with Crippen LogP contribution in [-0.4, -0.2) is 22.1 Å². The van der Waals surface area contributed by atoms with E-state index in [1.807, 2.05) is 19.9 Å². The number of unbranched alkanes of at least 4 members (excludes halogenated alkanes) is 1. The van der Waals surface area contributed by atoms with Crippen LogP contribution in [0.25, 0.3) is 0 Å². The molecular weight excluding hydrogens is 186 g/mol. The minimum Gasteiger partial charge on any atom is -0.480 e. The van der Waals surface area contributed by atoms with Gasteiger partial charge in [-0.25, -0.2) is 0 Å². The molecule has 0 amide bonds. The van der Waals surface area contributed by atoms with Gasteiger partial charge in [-0.2, -0.15) is 5.26 Å². The number of thioether (sulfide) groups is 1. The lowest BCUT2D eigenvalue weighted by molar-refractivity contribution is -0.137. The van der Waals surface area contributed by atoms with Crippen molar-refractivity contribution in [2.24, 2.45) is 5.92 Å². The summed E-state index contributed by atoms with van der Waals surface area (Å²) in [6.45, 7) is 3.80. The molecule has 13 heavy (non-hydrogen) atoms. The van der Waals surface area contributed by atoms with Gasteiger partial charge in [-0.3, -0.25) is 4.79 Å². The molecule has 0 aromatic carbocycles. The summed E-state index contributed by atoms with van der Waals surface area (Å²) in [5, 5.41) is 16.8. The van der Waals surface area contributed by atoms with Crippen LogP contribution in [0.15, 0.2) is 0 Å². The molecule has 0 aromatic heterocycles. The number of carboxylic acid groups (broad SMARTS) is 1. The molecule has 4 heteroatoms. The first kappa shape index (κ1) is 12.3. The molecule has 0 aliphatic rings. The van der Waals surface area contributed by atoms with E-state index in [-0.39, 0.29) is 11.2 Å². The van der Waals surface area contributed by atoms with Crippen molar-refractivity contribution in [1.82, 2.24) is 0 Å². The van der Waals surface area contributed by atoms with E-state index in [0.29, 0.717) is 6.42 Å². The minimum atomic E-state index is -0.753. The molecule has 0 saturated heterocycles. The molecule has 0 aromatic rings. The van der Waals surface area contributed by atoms with Crippen molar-refractivity contribution in [3.8, 4) is 6.07 Å². The van der Waals surface area contributed by atoms with E-state index in [2.05, 4.69) is 0 Å². The van der Waals surface area contributed by atoms with Crippen molar-refractivity contribution in [3.63, 3.8) is 0 Å². The Morgan fingerprint density at radius 2 is 2.23 bits per heavy atom. The second-order valence-electron chi connectivity index (χ2n) is 3.14. The molecule has 0 radical (unpaired) electrons. The highest BCUT2D eigenvalue weighted by Gasteiger charge is 2.20. The zero-order valence-electron chi connectivity index (χ0n) is 7.99. The monoisotopic (exact) mass is 201 g/mol. The fraction of sp³-hybridized carbons (Fsp3) is 0.778. The van der Waals surface area contributed by atoms with Crippen LogP contribution in [0.4, 0.5) is 0 Å². The Hall–Kier alpha value is -0.690. The molecule has 1 N–H and O–H groups in total. The second-order valence-corrected chi connectivity index (χ2v) is 4.38. The van der Waals surface area contributed by atoms with E-state index in [1.54, 1.807) is 0 Å². The lowest BCUT2D eigenvalue weighted by Gasteiger charge is -2.14. The SMILES string of the molecule is CC(C)C(SCCCC#N)C(=O)O. The molecule has 0 rings (SSSR count). The Bertz CT molecular complexity index is 198. The van der Waals surface area contributed by atoms with Gasteiger partial charge in [0.05, 0.1) is 6.07 Å². The largest absolute Gasteiger partial charge is 0.480 e. The Labute approximate surface area is 83.1 Å². The lowest BCUT2D eigenvalue weighted by Crippen LogP contribution is -2.22. The lowest BCUT2D eigenvalue weighted by atomic mass is 10.1. The Morgan fingerprint density at radius 1 is 1.62 bits per heavy atom. The highest BCUT2D eigenvalue weighted by Crippen LogP contribution is 2.20. The number of nitriles is 1. The van der Waals surface area contributed by atoms with E-state index in [9.17, 15) is 4.79 Å². The van der Waals surface area contributed by atoms with Crippen LogP contribution in [0.5, 0.6) is 0 Å². The summed E-state index contributed by atoms with van der Waals surface area (Å²) in [4.78, 5) is 10.7. The number of hydrogen-bond donors (Lipinski definition) is 1. The number of carboxylic acids is 1. The third kappa shape index (κ3) is 5.53. The van der Waals surface area contributed by atoms with Gasteiger partial charge in [-0.05, 0) is 18.1 Å². The Balaban J connectivity index is 3.72. The van der Waals surface area contributed by atoms with Crippen LogP contribution in [0, 0.1) is 17.2 Å². The summed E-state index contributed by atoms with van der Waals surface area (Å²) in [6, 6.07) is 2.04. The molecule has 0 spiro atoms. The minimum absolute atomic E-state index is 0.143. The maximum absolute atomic E-state index is 10.7. The van der Waals surface area contributed by atoms with Crippen LogP contribution in [0.1, 0.15) is 26.7 Å². The fourth-order valence-corrected chi connectivity index (χ4v) is 2.00. The summed E-state index contributed by atoms with van der Waals surface area (Å²) in [7, 11) is 0. The molecule has 1 unspecified atom stereocenters. The first-order chi connectivity index (χ1) is 6.09. The van der Waals surface area contributed by atoms with Crippen LogP contribution in [0.3, 0.4) is 0 Å². The summed E-state index contributed by atoms with van der Waals surface area (Å²) >= 11 is 1.43. The van der Waals surface area contributed by atoms with E-state index < -0.39 is 5.97 Å². The van der Waals surface area contributed by atoms with Gasteiger partial charge < -0.3 is 5.11 Å². The molecule has 0 aliphatic carbocycles. The molecule has 0 fully saturated rings. The number of rotatable bonds is 6. The van der Waals surface area contributed by atoms with Crippen LogP contribution >= 0.6 is 11.8 Å². The zero-order valence-corrected chi connectivity index (χ0v) is 8.80. The maximum atomic E-state index is 10.7. The van der Waals surface area contributed by atoms with Crippen LogP contribution < -0.4 is 0 Å². The third-order valence-electron chi connectivity index (χ3n) is 1.58. The van der Waals surface area contributed by atoms with Gasteiger partial charge in [0.1, 0.15) is 5.25 Å². The average molecular weight is 201 g/mol. The van der Waals surface area contributed by atoms with Crippen molar-refractivity contribution in [2.75, 3.05) is 5.75 Å². The van der Waals surface area contributed by atoms with Crippen molar-refractivity contribution in [3.05, 3.63) is 0 Å². The standard InChI is InChI=1S/C9H15NO2S/c1-7(2)8(9(11)12)13-6-4-3-5-10/h7-8H,3-4,6H2,1-2H3,(H,11,12). The quantitative estimate of drug-likeness (QED) is 0.669. The highest BCUT2D eigenvalue weighted by molar-refractivity contribution is 8.00. The van der Waals surface area contributed by atoms with E-state index in [0.717, 1.165) is 12.2 Å². The summed E-state index contributed by atoms with van der Waals surface area (Å²) in [5.74, 6) is 0.143. The van der Waals surface area contributed by atoms with Gasteiger partial charge in [-0.1, -0.05) is 13.8 Å². The topological polar surface area (TPSA) is 61.1 Å². The number of aliphatic carboxylic acids is 1. The smallest absolute Gasteiger partial charge is 0.316 e. The predicted molar refractivity (Wildman–Crippen MR) is 53.6 cm³/mol. The summed E-state index contributed by atoms with van der Waals surface area (Å²) in [6.07, 6.45) is 1.29. The van der Waals surface area contributed by atoms with Crippen LogP contribution in [0.2, 0.25) is 0 Å². The maximum Gasteiger partial charge on any atom is 0.316 e. The highest BCUT2D eigenvalue weighted by atomic mass is 32.2. The van der Waals surface area contributed by atoms with Gasteiger partial charge in [0.2, 0.25) is 0 Å². The number of hydrogen-bond acceptors (Lipinski definition) is 3. The van der Waals surface area contributed by atoms with E-state index in [4.69, 9.17) is 10.4 Å². The molecule has 0 bridgehead atoms. The summed E-state index contributed by atoms with van der Waals surface area (Å²) < 4.78 is 0. The average Bonchev–Trinajstić information content (AvgIpc) is 2.02. The predicted octanol–water partition coefficient (Wildman–Crippen LogP) is 2.13. The molecular formula is C9H15NO2S. The van der Waals surface area contributed by atoms with Gasteiger partial charge in [0.25, 0.3) is 0 Å². The first-order valence-corrected chi connectivity index (χ1v) is 5.35. The summed E-state index contributed by atoms with van der Waals surface area (Å²) in [5.41, 5.74) is 0. The molecule has 0 heterocycles. The second kappa shape index (κ2) is 6.79. The van der Waals surface area contributed by atoms with Crippen molar-refractivity contribution in [2.45, 2.75) is 31.9 Å². The Morgan fingerprint density at radius 3 is 2.62 bits per heavy atom. The number of carbonyl (C=O) groups is 1. The Kier molecular flexibility index (Phi) is 6.43. The van der Waals surface area contributed by atoms with Crippen LogP contribution in [-0.2, 0) is 4.79 Å². The number of nitrogens with zero attached hydrogens (tertiary/aromatic N) is 1. The molecule has 3 nitrogen and oxygen atoms in total. The third-order valence-corrected chi connectivity index (χ3v) is 3.21. The van der Waals surface area contributed by atoms with Crippen molar-refractivity contribution >= 4 is 17.7 Å². The van der Waals surface area contributed by atoms with Crippen molar-refractivity contribution < 1.29 is 9.90 Å². The van der Waals surface area contributed by atoms with Gasteiger partial charge in [0, 0.05) is 6.42 Å². The molecule has 0 aliphatic heterocycles. The zero-order chi connectivity index (χ0) is 10.3. The van der Waals surface area contributed by atoms with Crippen molar-refractivity contribution in [1.29, 1.82) is 5.26 Å². The molecule has 1 atom stereocenters. The first-order valence-electron chi connectivity index (χ1n) is 4.31. The van der Waals surface area contributed by atoms with Gasteiger partial charge in [-0.15, -0.1) is 11.8 Å². The molecule has 74 valence electrons.